The molecule has 6 nitrogen and oxygen atoms in total. The summed E-state index contributed by atoms with van der Waals surface area (Å²) >= 11 is 0. The lowest BCUT2D eigenvalue weighted by Gasteiger charge is -2.04. The van der Waals surface area contributed by atoms with Gasteiger partial charge in [-0.05, 0) is 24.3 Å². The van der Waals surface area contributed by atoms with Crippen LogP contribution in [0.5, 0.6) is 0 Å². The molecule has 0 saturated heterocycles. The van der Waals surface area contributed by atoms with Gasteiger partial charge >= 0.3 is 0 Å². The zero-order valence-corrected chi connectivity index (χ0v) is 11.0. The van der Waals surface area contributed by atoms with Crippen molar-refractivity contribution in [2.24, 2.45) is 0 Å². The largest absolute Gasteiger partial charge is 0.352 e. The van der Waals surface area contributed by atoms with Gasteiger partial charge in [-0.2, -0.15) is 4.39 Å². The average molecular weight is 285 g/mol. The Balaban J connectivity index is 1.61. The molecule has 7 heteroatoms. The van der Waals surface area contributed by atoms with Crippen molar-refractivity contribution in [3.8, 4) is 0 Å². The molecule has 0 bridgehead atoms. The number of halogens is 1. The Bertz CT molecular complexity index is 768. The van der Waals surface area contributed by atoms with E-state index in [9.17, 15) is 9.18 Å². The first-order valence-corrected chi connectivity index (χ1v) is 6.42. The van der Waals surface area contributed by atoms with E-state index < -0.39 is 5.95 Å². The molecule has 3 aromatic rings. The fraction of sp³-hybridized carbons (Fsp3) is 0.143. The van der Waals surface area contributed by atoms with Crippen molar-refractivity contribution in [2.75, 3.05) is 6.54 Å². The third kappa shape index (κ3) is 2.86. The van der Waals surface area contributed by atoms with Gasteiger partial charge in [-0.1, -0.05) is 6.07 Å². The number of hydrogen-bond donors (Lipinski definition) is 1. The summed E-state index contributed by atoms with van der Waals surface area (Å²) in [6.07, 6.45) is 3.62. The molecule has 21 heavy (non-hydrogen) atoms. The lowest BCUT2D eigenvalue weighted by Crippen LogP contribution is -2.26. The predicted molar refractivity (Wildman–Crippen MR) is 73.2 cm³/mol. The Hall–Kier alpha value is -2.83. The van der Waals surface area contributed by atoms with Gasteiger partial charge in [0.05, 0.1) is 5.56 Å². The number of aromatic nitrogens is 4. The van der Waals surface area contributed by atoms with Crippen molar-refractivity contribution in [3.63, 3.8) is 0 Å². The highest BCUT2D eigenvalue weighted by molar-refractivity contribution is 5.93. The number of rotatable bonds is 4. The van der Waals surface area contributed by atoms with E-state index >= 15 is 0 Å². The van der Waals surface area contributed by atoms with Crippen LogP contribution in [-0.2, 0) is 6.42 Å². The van der Waals surface area contributed by atoms with Crippen LogP contribution in [0, 0.1) is 5.95 Å². The van der Waals surface area contributed by atoms with Gasteiger partial charge in [0.15, 0.2) is 5.65 Å². The molecular formula is C14H12FN5O. The van der Waals surface area contributed by atoms with Crippen LogP contribution >= 0.6 is 0 Å². The highest BCUT2D eigenvalue weighted by Gasteiger charge is 2.08. The Morgan fingerprint density at radius 3 is 2.95 bits per heavy atom. The second kappa shape index (κ2) is 5.66. The molecule has 0 saturated carbocycles. The molecule has 3 rings (SSSR count). The van der Waals surface area contributed by atoms with Crippen LogP contribution < -0.4 is 5.32 Å². The van der Waals surface area contributed by atoms with Crippen molar-refractivity contribution in [2.45, 2.75) is 6.42 Å². The maximum absolute atomic E-state index is 12.7. The number of nitrogens with one attached hydrogen (secondary N) is 1. The topological polar surface area (TPSA) is 72.2 Å². The Kier molecular flexibility index (Phi) is 3.55. The summed E-state index contributed by atoms with van der Waals surface area (Å²) in [4.78, 5) is 15.3. The van der Waals surface area contributed by atoms with Gasteiger partial charge in [-0.3, -0.25) is 9.20 Å². The van der Waals surface area contributed by atoms with Crippen molar-refractivity contribution >= 4 is 11.6 Å². The van der Waals surface area contributed by atoms with E-state index in [1.807, 2.05) is 28.8 Å². The number of carbonyl (C=O) groups is 1. The van der Waals surface area contributed by atoms with Crippen molar-refractivity contribution < 1.29 is 9.18 Å². The SMILES string of the molecule is O=C(NCCc1nnc2ccccn12)c1ccc(F)nc1. The standard InChI is InChI=1S/C14H12FN5O/c15-11-5-4-10(9-17-11)14(21)16-7-6-13-19-18-12-3-1-2-8-20(12)13/h1-5,8-9H,6-7H2,(H,16,21). The number of amides is 1. The molecule has 0 atom stereocenters. The predicted octanol–water partition coefficient (Wildman–Crippen LogP) is 1.24. The van der Waals surface area contributed by atoms with Gasteiger partial charge in [-0.15, -0.1) is 10.2 Å². The minimum Gasteiger partial charge on any atom is -0.352 e. The average Bonchev–Trinajstić information content (AvgIpc) is 2.91. The van der Waals surface area contributed by atoms with E-state index in [-0.39, 0.29) is 5.91 Å². The Morgan fingerprint density at radius 2 is 2.14 bits per heavy atom. The van der Waals surface area contributed by atoms with Crippen LogP contribution in [0.1, 0.15) is 16.2 Å². The maximum Gasteiger partial charge on any atom is 0.252 e. The van der Waals surface area contributed by atoms with Crippen LogP contribution in [0.25, 0.3) is 5.65 Å². The second-order valence-corrected chi connectivity index (χ2v) is 4.42. The van der Waals surface area contributed by atoms with E-state index in [2.05, 4.69) is 20.5 Å². The van der Waals surface area contributed by atoms with Crippen LogP contribution in [0.3, 0.4) is 0 Å². The molecule has 3 heterocycles. The molecule has 0 aliphatic carbocycles. The van der Waals surface area contributed by atoms with Gasteiger partial charge < -0.3 is 5.32 Å². The minimum atomic E-state index is -0.610. The molecule has 0 radical (unpaired) electrons. The fourth-order valence-corrected chi connectivity index (χ4v) is 1.96. The smallest absolute Gasteiger partial charge is 0.252 e. The van der Waals surface area contributed by atoms with E-state index in [1.54, 1.807) is 0 Å². The highest BCUT2D eigenvalue weighted by Crippen LogP contribution is 2.03. The molecule has 0 unspecified atom stereocenters. The van der Waals surface area contributed by atoms with E-state index in [1.165, 1.54) is 12.3 Å². The molecule has 0 fully saturated rings. The van der Waals surface area contributed by atoms with Gasteiger partial charge in [0.1, 0.15) is 5.82 Å². The van der Waals surface area contributed by atoms with Crippen LogP contribution in [0.4, 0.5) is 4.39 Å². The van der Waals surface area contributed by atoms with Crippen LogP contribution in [0.15, 0.2) is 42.7 Å². The third-order valence-corrected chi connectivity index (χ3v) is 3.01. The molecule has 0 aromatic carbocycles. The monoisotopic (exact) mass is 285 g/mol. The minimum absolute atomic E-state index is 0.295. The number of carbonyl (C=O) groups excluding carboxylic acids is 1. The summed E-state index contributed by atoms with van der Waals surface area (Å²) in [7, 11) is 0. The summed E-state index contributed by atoms with van der Waals surface area (Å²) < 4.78 is 14.5. The van der Waals surface area contributed by atoms with Crippen LogP contribution in [-0.4, -0.2) is 32.0 Å². The van der Waals surface area contributed by atoms with Gasteiger partial charge in [0.2, 0.25) is 5.95 Å². The Morgan fingerprint density at radius 1 is 1.24 bits per heavy atom. The fourth-order valence-electron chi connectivity index (χ4n) is 1.96. The summed E-state index contributed by atoms with van der Waals surface area (Å²) in [6.45, 7) is 0.409. The molecule has 0 aliphatic heterocycles. The zero-order valence-electron chi connectivity index (χ0n) is 11.0. The Labute approximate surface area is 119 Å². The first-order valence-electron chi connectivity index (χ1n) is 6.42. The molecule has 1 N–H and O–H groups in total. The summed E-state index contributed by atoms with van der Waals surface area (Å²) in [5, 5.41) is 10.8. The quantitative estimate of drug-likeness (QED) is 0.732. The first kappa shape index (κ1) is 13.2. The molecule has 0 aliphatic rings. The molecular weight excluding hydrogens is 273 g/mol. The molecule has 3 aromatic heterocycles. The molecule has 0 spiro atoms. The summed E-state index contributed by atoms with van der Waals surface area (Å²) in [6, 6.07) is 8.18. The molecule has 1 amide bonds. The number of pyridine rings is 2. The van der Waals surface area contributed by atoms with E-state index in [0.717, 1.165) is 17.5 Å². The number of nitrogens with zero attached hydrogens (tertiary/aromatic N) is 4. The van der Waals surface area contributed by atoms with Crippen molar-refractivity contribution in [3.05, 3.63) is 60.1 Å². The van der Waals surface area contributed by atoms with E-state index in [4.69, 9.17) is 0 Å². The normalized spacial score (nSPS) is 10.7. The first-order chi connectivity index (χ1) is 10.2. The van der Waals surface area contributed by atoms with Crippen molar-refractivity contribution in [1.29, 1.82) is 0 Å². The number of hydrogen-bond acceptors (Lipinski definition) is 4. The summed E-state index contributed by atoms with van der Waals surface area (Å²) in [5.74, 6) is -0.138. The van der Waals surface area contributed by atoms with Gasteiger partial charge in [0.25, 0.3) is 5.91 Å². The van der Waals surface area contributed by atoms with Crippen molar-refractivity contribution in [1.82, 2.24) is 24.9 Å². The van der Waals surface area contributed by atoms with E-state index in [0.29, 0.717) is 18.5 Å². The lowest BCUT2D eigenvalue weighted by molar-refractivity contribution is 0.0953. The summed E-state index contributed by atoms with van der Waals surface area (Å²) in [5.41, 5.74) is 1.09. The lowest BCUT2D eigenvalue weighted by atomic mass is 10.2. The van der Waals surface area contributed by atoms with Gasteiger partial charge in [-0.25, -0.2) is 4.98 Å². The highest BCUT2D eigenvalue weighted by atomic mass is 19.1. The zero-order chi connectivity index (χ0) is 14.7. The third-order valence-electron chi connectivity index (χ3n) is 3.01. The maximum atomic E-state index is 12.7. The van der Waals surface area contributed by atoms with Crippen LogP contribution in [0.2, 0.25) is 0 Å². The second-order valence-electron chi connectivity index (χ2n) is 4.42. The molecule has 106 valence electrons. The number of fused-ring (bicyclic) bond motifs is 1. The van der Waals surface area contributed by atoms with Gasteiger partial charge in [0, 0.05) is 25.4 Å².